The molecule has 1 aromatic carbocycles. The SMILES string of the molecule is CC(C)c1nn(Cc2ccccc2)cc1C(=O)NC(C(=O)O)C(C)C. The van der Waals surface area contributed by atoms with E-state index in [-0.39, 0.29) is 11.8 Å². The number of carbonyl (C=O) groups is 2. The number of hydrogen-bond acceptors (Lipinski definition) is 3. The molecule has 1 amide bonds. The van der Waals surface area contributed by atoms with Crippen molar-refractivity contribution in [3.63, 3.8) is 0 Å². The molecule has 1 atom stereocenters. The first-order valence-electron chi connectivity index (χ1n) is 8.44. The van der Waals surface area contributed by atoms with E-state index in [0.29, 0.717) is 17.8 Å². The predicted octanol–water partition coefficient (Wildman–Crippen LogP) is 2.89. The summed E-state index contributed by atoms with van der Waals surface area (Å²) in [5, 5.41) is 16.4. The first-order valence-corrected chi connectivity index (χ1v) is 8.44. The van der Waals surface area contributed by atoms with Crippen molar-refractivity contribution < 1.29 is 14.7 Å². The van der Waals surface area contributed by atoms with Gasteiger partial charge in [0.25, 0.3) is 5.91 Å². The Balaban J connectivity index is 2.26. The molecule has 6 nitrogen and oxygen atoms in total. The van der Waals surface area contributed by atoms with Crippen molar-refractivity contribution >= 4 is 11.9 Å². The highest BCUT2D eigenvalue weighted by Gasteiger charge is 2.26. The zero-order valence-corrected chi connectivity index (χ0v) is 15.1. The quantitative estimate of drug-likeness (QED) is 0.809. The smallest absolute Gasteiger partial charge is 0.326 e. The number of carboxylic acid groups (broad SMARTS) is 1. The molecule has 0 aliphatic carbocycles. The van der Waals surface area contributed by atoms with Gasteiger partial charge in [-0.25, -0.2) is 4.79 Å². The van der Waals surface area contributed by atoms with E-state index in [1.807, 2.05) is 44.2 Å². The molecule has 2 aromatic rings. The van der Waals surface area contributed by atoms with Crippen LogP contribution >= 0.6 is 0 Å². The highest BCUT2D eigenvalue weighted by Crippen LogP contribution is 2.19. The molecular weight excluding hydrogens is 318 g/mol. The fourth-order valence-corrected chi connectivity index (χ4v) is 2.62. The van der Waals surface area contributed by atoms with Crippen molar-refractivity contribution in [2.24, 2.45) is 5.92 Å². The summed E-state index contributed by atoms with van der Waals surface area (Å²) in [6.45, 7) is 8.01. The lowest BCUT2D eigenvalue weighted by Gasteiger charge is -2.18. The van der Waals surface area contributed by atoms with Gasteiger partial charge in [0.2, 0.25) is 0 Å². The highest BCUT2D eigenvalue weighted by molar-refractivity contribution is 5.97. The standard InChI is InChI=1S/C19H25N3O3/c1-12(2)16-15(18(23)20-17(13(3)4)19(24)25)11-22(21-16)10-14-8-6-5-7-9-14/h5-9,11-13,17H,10H2,1-4H3,(H,20,23)(H,24,25). The first kappa shape index (κ1) is 18.7. The predicted molar refractivity (Wildman–Crippen MR) is 95.6 cm³/mol. The maximum atomic E-state index is 12.6. The summed E-state index contributed by atoms with van der Waals surface area (Å²) >= 11 is 0. The molecule has 0 saturated carbocycles. The number of carboxylic acids is 1. The lowest BCUT2D eigenvalue weighted by molar-refractivity contribution is -0.140. The number of amides is 1. The van der Waals surface area contributed by atoms with Crippen molar-refractivity contribution in [1.82, 2.24) is 15.1 Å². The molecule has 25 heavy (non-hydrogen) atoms. The number of nitrogens with zero attached hydrogens (tertiary/aromatic N) is 2. The topological polar surface area (TPSA) is 84.2 Å². The third-order valence-corrected chi connectivity index (χ3v) is 3.99. The Bertz CT molecular complexity index is 736. The van der Waals surface area contributed by atoms with Crippen LogP contribution in [0.25, 0.3) is 0 Å². The minimum absolute atomic E-state index is 0.0556. The molecular formula is C19H25N3O3. The van der Waals surface area contributed by atoms with Crippen LogP contribution in [0.2, 0.25) is 0 Å². The first-order chi connectivity index (χ1) is 11.8. The van der Waals surface area contributed by atoms with Crippen LogP contribution in [-0.2, 0) is 11.3 Å². The molecule has 0 radical (unpaired) electrons. The van der Waals surface area contributed by atoms with E-state index < -0.39 is 17.9 Å². The average molecular weight is 343 g/mol. The fourth-order valence-electron chi connectivity index (χ4n) is 2.62. The van der Waals surface area contributed by atoms with Crippen LogP contribution in [-0.4, -0.2) is 32.8 Å². The van der Waals surface area contributed by atoms with Crippen LogP contribution < -0.4 is 5.32 Å². The Morgan fingerprint density at radius 2 is 1.80 bits per heavy atom. The van der Waals surface area contributed by atoms with E-state index in [1.165, 1.54) is 0 Å². The number of nitrogens with one attached hydrogen (secondary N) is 1. The molecule has 0 aliphatic heterocycles. The minimum Gasteiger partial charge on any atom is -0.480 e. The number of aliphatic carboxylic acids is 1. The van der Waals surface area contributed by atoms with Gasteiger partial charge in [-0.15, -0.1) is 0 Å². The van der Waals surface area contributed by atoms with E-state index in [1.54, 1.807) is 24.7 Å². The third kappa shape index (κ3) is 4.68. The van der Waals surface area contributed by atoms with Crippen molar-refractivity contribution in [1.29, 1.82) is 0 Å². The molecule has 6 heteroatoms. The van der Waals surface area contributed by atoms with Crippen LogP contribution in [0.15, 0.2) is 36.5 Å². The second-order valence-corrected chi connectivity index (χ2v) is 6.80. The van der Waals surface area contributed by atoms with Crippen LogP contribution in [0, 0.1) is 5.92 Å². The van der Waals surface area contributed by atoms with Crippen molar-refractivity contribution in [2.45, 2.75) is 46.2 Å². The summed E-state index contributed by atoms with van der Waals surface area (Å²) in [6.07, 6.45) is 1.69. The third-order valence-electron chi connectivity index (χ3n) is 3.99. The second kappa shape index (κ2) is 7.96. The van der Waals surface area contributed by atoms with Gasteiger partial charge in [-0.2, -0.15) is 5.10 Å². The molecule has 2 rings (SSSR count). The molecule has 1 heterocycles. The minimum atomic E-state index is -1.04. The van der Waals surface area contributed by atoms with Crippen LogP contribution in [0.4, 0.5) is 0 Å². The van der Waals surface area contributed by atoms with Gasteiger partial charge in [0.1, 0.15) is 6.04 Å². The van der Waals surface area contributed by atoms with Gasteiger partial charge in [-0.3, -0.25) is 9.48 Å². The summed E-state index contributed by atoms with van der Waals surface area (Å²) in [5.41, 5.74) is 2.18. The summed E-state index contributed by atoms with van der Waals surface area (Å²) in [5.74, 6) is -1.58. The average Bonchev–Trinajstić information content (AvgIpc) is 2.97. The number of benzene rings is 1. The van der Waals surface area contributed by atoms with Gasteiger partial charge in [0.05, 0.1) is 17.8 Å². The number of carbonyl (C=O) groups excluding carboxylic acids is 1. The zero-order valence-electron chi connectivity index (χ0n) is 15.1. The number of rotatable bonds is 7. The summed E-state index contributed by atoms with van der Waals surface area (Å²) in [7, 11) is 0. The van der Waals surface area contributed by atoms with Crippen LogP contribution in [0.5, 0.6) is 0 Å². The van der Waals surface area contributed by atoms with E-state index in [0.717, 1.165) is 5.56 Å². The Hall–Kier alpha value is -2.63. The molecule has 1 unspecified atom stereocenters. The van der Waals surface area contributed by atoms with E-state index in [4.69, 9.17) is 0 Å². The fraction of sp³-hybridized carbons (Fsp3) is 0.421. The number of hydrogen-bond donors (Lipinski definition) is 2. The normalized spacial score (nSPS) is 12.4. The molecule has 134 valence electrons. The Labute approximate surface area is 147 Å². The van der Waals surface area contributed by atoms with E-state index in [9.17, 15) is 14.7 Å². The van der Waals surface area contributed by atoms with Gasteiger partial charge < -0.3 is 10.4 Å². The maximum absolute atomic E-state index is 12.6. The van der Waals surface area contributed by atoms with Gasteiger partial charge >= 0.3 is 5.97 Å². The molecule has 1 aromatic heterocycles. The molecule has 0 aliphatic rings. The maximum Gasteiger partial charge on any atom is 0.326 e. The largest absolute Gasteiger partial charge is 0.480 e. The van der Waals surface area contributed by atoms with Crippen molar-refractivity contribution in [3.8, 4) is 0 Å². The molecule has 2 N–H and O–H groups in total. The van der Waals surface area contributed by atoms with E-state index >= 15 is 0 Å². The van der Waals surface area contributed by atoms with E-state index in [2.05, 4.69) is 10.4 Å². The lowest BCUT2D eigenvalue weighted by Crippen LogP contribution is -2.44. The lowest BCUT2D eigenvalue weighted by atomic mass is 10.0. The van der Waals surface area contributed by atoms with Crippen molar-refractivity contribution in [2.75, 3.05) is 0 Å². The Morgan fingerprint density at radius 3 is 2.32 bits per heavy atom. The van der Waals surface area contributed by atoms with Crippen molar-refractivity contribution in [3.05, 3.63) is 53.3 Å². The molecule has 0 bridgehead atoms. The van der Waals surface area contributed by atoms with Gasteiger partial charge in [0, 0.05) is 6.20 Å². The van der Waals surface area contributed by atoms with Crippen LogP contribution in [0.3, 0.4) is 0 Å². The second-order valence-electron chi connectivity index (χ2n) is 6.80. The Kier molecular flexibility index (Phi) is 5.96. The molecule has 0 fully saturated rings. The molecule has 0 spiro atoms. The monoisotopic (exact) mass is 343 g/mol. The summed E-state index contributed by atoms with van der Waals surface area (Å²) in [6, 6.07) is 8.92. The summed E-state index contributed by atoms with van der Waals surface area (Å²) < 4.78 is 1.73. The highest BCUT2D eigenvalue weighted by atomic mass is 16.4. The van der Waals surface area contributed by atoms with Gasteiger partial charge in [0.15, 0.2) is 0 Å². The molecule has 0 saturated heterocycles. The number of aromatic nitrogens is 2. The zero-order chi connectivity index (χ0) is 18.6. The van der Waals surface area contributed by atoms with Gasteiger partial charge in [-0.05, 0) is 17.4 Å². The summed E-state index contributed by atoms with van der Waals surface area (Å²) in [4.78, 5) is 24.0. The Morgan fingerprint density at radius 1 is 1.16 bits per heavy atom. The van der Waals surface area contributed by atoms with Crippen LogP contribution in [0.1, 0.15) is 55.2 Å². The van der Waals surface area contributed by atoms with Gasteiger partial charge in [-0.1, -0.05) is 58.0 Å².